The Morgan fingerprint density at radius 3 is 2.57 bits per heavy atom. The number of rotatable bonds is 2. The summed E-state index contributed by atoms with van der Waals surface area (Å²) >= 11 is 0. The first-order valence-electron chi connectivity index (χ1n) is 9.57. The molecule has 1 aliphatic rings. The third-order valence-electron chi connectivity index (χ3n) is 5.33. The molecule has 2 aromatic heterocycles. The average Bonchev–Trinajstić information content (AvgIpc) is 3.01. The summed E-state index contributed by atoms with van der Waals surface area (Å²) < 4.78 is 5.93. The molecule has 148 valence electrons. The summed E-state index contributed by atoms with van der Waals surface area (Å²) in [6.45, 7) is 3.73. The van der Waals surface area contributed by atoms with Crippen molar-refractivity contribution in [2.75, 3.05) is 4.90 Å². The number of phenols is 1. The predicted molar refractivity (Wildman–Crippen MR) is 113 cm³/mol. The predicted octanol–water partition coefficient (Wildman–Crippen LogP) is 4.26. The van der Waals surface area contributed by atoms with Crippen LogP contribution in [0.25, 0.3) is 11.0 Å². The average molecular weight is 398 g/mol. The molecule has 0 saturated carbocycles. The Balaban J connectivity index is 1.84. The van der Waals surface area contributed by atoms with Gasteiger partial charge in [0.2, 0.25) is 5.76 Å². The SMILES string of the molecule is Cc1ccc2oc3c(c(=O)c2c1)C(c1cccc(O)c1)N(c1cccc(C)n1)C3=O. The molecule has 0 spiro atoms. The van der Waals surface area contributed by atoms with Gasteiger partial charge in [0.15, 0.2) is 5.43 Å². The number of hydrogen-bond donors (Lipinski definition) is 1. The summed E-state index contributed by atoms with van der Waals surface area (Å²) in [4.78, 5) is 32.9. The van der Waals surface area contributed by atoms with Gasteiger partial charge < -0.3 is 9.52 Å². The van der Waals surface area contributed by atoms with E-state index in [1.807, 2.05) is 32.0 Å². The normalized spacial score (nSPS) is 15.6. The van der Waals surface area contributed by atoms with Crippen molar-refractivity contribution in [2.24, 2.45) is 0 Å². The maximum atomic E-state index is 13.5. The lowest BCUT2D eigenvalue weighted by Crippen LogP contribution is -2.30. The third-order valence-corrected chi connectivity index (χ3v) is 5.33. The first-order chi connectivity index (χ1) is 14.4. The zero-order chi connectivity index (χ0) is 21.0. The summed E-state index contributed by atoms with van der Waals surface area (Å²) in [5.41, 5.74) is 2.63. The number of aromatic hydroxyl groups is 1. The molecule has 2 aromatic carbocycles. The van der Waals surface area contributed by atoms with Crippen molar-refractivity contribution in [1.29, 1.82) is 0 Å². The molecule has 0 fully saturated rings. The molecule has 1 atom stereocenters. The fourth-order valence-corrected chi connectivity index (χ4v) is 4.00. The largest absolute Gasteiger partial charge is 0.508 e. The molecule has 5 rings (SSSR count). The van der Waals surface area contributed by atoms with Crippen molar-refractivity contribution >= 4 is 22.7 Å². The van der Waals surface area contributed by atoms with Gasteiger partial charge in [-0.05, 0) is 55.8 Å². The third kappa shape index (κ3) is 2.69. The van der Waals surface area contributed by atoms with Crippen LogP contribution in [0.5, 0.6) is 5.75 Å². The molecular weight excluding hydrogens is 380 g/mol. The van der Waals surface area contributed by atoms with E-state index >= 15 is 0 Å². The number of pyridine rings is 1. The van der Waals surface area contributed by atoms with Crippen molar-refractivity contribution in [3.8, 4) is 5.75 Å². The molecule has 3 heterocycles. The molecule has 6 heteroatoms. The summed E-state index contributed by atoms with van der Waals surface area (Å²) in [5, 5.41) is 10.5. The highest BCUT2D eigenvalue weighted by Gasteiger charge is 2.44. The van der Waals surface area contributed by atoms with Crippen molar-refractivity contribution in [3.63, 3.8) is 0 Å². The Kier molecular flexibility index (Phi) is 3.96. The minimum atomic E-state index is -0.755. The maximum Gasteiger partial charge on any atom is 0.296 e. The highest BCUT2D eigenvalue weighted by molar-refractivity contribution is 6.10. The van der Waals surface area contributed by atoms with E-state index in [0.717, 1.165) is 11.3 Å². The summed E-state index contributed by atoms with van der Waals surface area (Å²) in [6.07, 6.45) is 0. The summed E-state index contributed by atoms with van der Waals surface area (Å²) in [7, 11) is 0. The van der Waals surface area contributed by atoms with Crippen molar-refractivity contribution in [2.45, 2.75) is 19.9 Å². The molecule has 1 N–H and O–H groups in total. The number of nitrogens with zero attached hydrogens (tertiary/aromatic N) is 2. The minimum Gasteiger partial charge on any atom is -0.508 e. The zero-order valence-electron chi connectivity index (χ0n) is 16.4. The number of aromatic nitrogens is 1. The second-order valence-electron chi connectivity index (χ2n) is 7.48. The number of carbonyl (C=O) groups is 1. The standard InChI is InChI=1S/C24H18N2O4/c1-13-9-10-18-17(11-13)22(28)20-21(15-6-4-7-16(27)12-15)26(24(29)23(20)30-18)19-8-3-5-14(2)25-19/h3-12,21,27H,1-2H3. The highest BCUT2D eigenvalue weighted by Crippen LogP contribution is 2.41. The quantitative estimate of drug-likeness (QED) is 0.545. The number of amides is 1. The van der Waals surface area contributed by atoms with Gasteiger partial charge in [-0.2, -0.15) is 0 Å². The lowest BCUT2D eigenvalue weighted by Gasteiger charge is -2.24. The van der Waals surface area contributed by atoms with Gasteiger partial charge in [0.05, 0.1) is 17.0 Å². The number of phenolic OH excluding ortho intramolecular Hbond substituents is 1. The smallest absolute Gasteiger partial charge is 0.296 e. The van der Waals surface area contributed by atoms with Crippen LogP contribution in [0.1, 0.15) is 39.0 Å². The van der Waals surface area contributed by atoms with E-state index in [1.54, 1.807) is 42.5 Å². The maximum absolute atomic E-state index is 13.5. The highest BCUT2D eigenvalue weighted by atomic mass is 16.3. The van der Waals surface area contributed by atoms with Gasteiger partial charge in [-0.1, -0.05) is 29.8 Å². The molecule has 30 heavy (non-hydrogen) atoms. The Bertz CT molecular complexity index is 1390. The first kappa shape index (κ1) is 18.1. The van der Waals surface area contributed by atoms with E-state index in [-0.39, 0.29) is 22.5 Å². The Hall–Kier alpha value is -3.93. The van der Waals surface area contributed by atoms with Crippen LogP contribution in [-0.4, -0.2) is 16.0 Å². The molecule has 1 amide bonds. The van der Waals surface area contributed by atoms with Gasteiger partial charge in [0, 0.05) is 5.69 Å². The van der Waals surface area contributed by atoms with Crippen LogP contribution < -0.4 is 10.3 Å². The number of aryl methyl sites for hydroxylation is 2. The fraction of sp³-hybridized carbons (Fsp3) is 0.125. The van der Waals surface area contributed by atoms with Crippen molar-refractivity contribution in [1.82, 2.24) is 4.98 Å². The monoisotopic (exact) mass is 398 g/mol. The lowest BCUT2D eigenvalue weighted by atomic mass is 9.98. The Labute approximate surface area is 172 Å². The van der Waals surface area contributed by atoms with E-state index in [4.69, 9.17) is 4.42 Å². The molecular formula is C24H18N2O4. The van der Waals surface area contributed by atoms with Crippen LogP contribution in [-0.2, 0) is 0 Å². The minimum absolute atomic E-state index is 0.00741. The van der Waals surface area contributed by atoms with E-state index in [0.29, 0.717) is 22.4 Å². The van der Waals surface area contributed by atoms with Gasteiger partial charge in [0.1, 0.15) is 17.2 Å². The second-order valence-corrected chi connectivity index (χ2v) is 7.48. The van der Waals surface area contributed by atoms with Crippen LogP contribution in [0.4, 0.5) is 5.82 Å². The van der Waals surface area contributed by atoms with E-state index in [2.05, 4.69) is 4.98 Å². The van der Waals surface area contributed by atoms with Crippen LogP contribution in [0.3, 0.4) is 0 Å². The van der Waals surface area contributed by atoms with E-state index < -0.39 is 11.9 Å². The van der Waals surface area contributed by atoms with E-state index in [1.165, 1.54) is 4.90 Å². The van der Waals surface area contributed by atoms with Crippen molar-refractivity contribution in [3.05, 3.63) is 99.0 Å². The van der Waals surface area contributed by atoms with Crippen LogP contribution in [0.15, 0.2) is 69.9 Å². The van der Waals surface area contributed by atoms with E-state index in [9.17, 15) is 14.7 Å². The molecule has 0 radical (unpaired) electrons. The molecule has 0 aliphatic carbocycles. The molecule has 4 aromatic rings. The number of benzene rings is 2. The van der Waals surface area contributed by atoms with Gasteiger partial charge >= 0.3 is 0 Å². The van der Waals surface area contributed by atoms with Crippen molar-refractivity contribution < 1.29 is 14.3 Å². The Morgan fingerprint density at radius 1 is 1.00 bits per heavy atom. The van der Waals surface area contributed by atoms with Crippen LogP contribution in [0.2, 0.25) is 0 Å². The number of anilines is 1. The molecule has 1 unspecified atom stereocenters. The molecule has 1 aliphatic heterocycles. The molecule has 0 bridgehead atoms. The topological polar surface area (TPSA) is 83.6 Å². The number of fused-ring (bicyclic) bond motifs is 2. The first-order valence-corrected chi connectivity index (χ1v) is 9.57. The van der Waals surface area contributed by atoms with Gasteiger partial charge in [-0.25, -0.2) is 4.98 Å². The Morgan fingerprint density at radius 2 is 1.80 bits per heavy atom. The van der Waals surface area contributed by atoms with Crippen LogP contribution in [0, 0.1) is 13.8 Å². The number of carbonyl (C=O) groups excluding carboxylic acids is 1. The van der Waals surface area contributed by atoms with Gasteiger partial charge in [-0.15, -0.1) is 0 Å². The molecule has 6 nitrogen and oxygen atoms in total. The van der Waals surface area contributed by atoms with Crippen LogP contribution >= 0.6 is 0 Å². The fourth-order valence-electron chi connectivity index (χ4n) is 4.00. The summed E-state index contributed by atoms with van der Waals surface area (Å²) in [6, 6.07) is 16.5. The van der Waals surface area contributed by atoms with Gasteiger partial charge in [-0.3, -0.25) is 14.5 Å². The van der Waals surface area contributed by atoms with Gasteiger partial charge in [0.25, 0.3) is 5.91 Å². The lowest BCUT2D eigenvalue weighted by molar-refractivity contribution is 0.0970. The second kappa shape index (κ2) is 6.56. The molecule has 0 saturated heterocycles. The summed E-state index contributed by atoms with van der Waals surface area (Å²) in [5.74, 6) is 0.0370. The zero-order valence-corrected chi connectivity index (χ0v) is 16.4. The number of hydrogen-bond acceptors (Lipinski definition) is 5.